The standard InChI is InChI=1S/C36H24N2O6/c39-31-27-18-16-24(22-10-4-1-5-11-22)20-29(27)32(37-31)44-35(42)25-17-19-28-30(21-25)36(43,26-14-8-3-9-15-26)38(34(28)41)33(40)23-12-6-2-7-13-23/h1-21,32,43H,(H,37,39). The second-order valence-corrected chi connectivity index (χ2v) is 10.5. The van der Waals surface area contributed by atoms with Gasteiger partial charge in [-0.15, -0.1) is 0 Å². The minimum atomic E-state index is -2.20. The second-order valence-electron chi connectivity index (χ2n) is 10.5. The van der Waals surface area contributed by atoms with E-state index in [1.54, 1.807) is 66.7 Å². The van der Waals surface area contributed by atoms with Gasteiger partial charge in [-0.3, -0.25) is 14.4 Å². The number of imide groups is 1. The molecule has 0 aliphatic carbocycles. The predicted molar refractivity (Wildman–Crippen MR) is 160 cm³/mol. The van der Waals surface area contributed by atoms with Crippen LogP contribution in [0.1, 0.15) is 64.4 Å². The third-order valence-corrected chi connectivity index (χ3v) is 7.96. The number of hydrogen-bond acceptors (Lipinski definition) is 6. The second kappa shape index (κ2) is 10.4. The minimum Gasteiger partial charge on any atom is -0.434 e. The fourth-order valence-electron chi connectivity index (χ4n) is 5.78. The number of esters is 1. The highest BCUT2D eigenvalue weighted by Gasteiger charge is 2.53. The van der Waals surface area contributed by atoms with Crippen LogP contribution in [0, 0.1) is 0 Å². The monoisotopic (exact) mass is 580 g/mol. The highest BCUT2D eigenvalue weighted by molar-refractivity contribution is 6.14. The zero-order valence-corrected chi connectivity index (χ0v) is 23.1. The Bertz CT molecular complexity index is 1960. The molecule has 2 unspecified atom stereocenters. The van der Waals surface area contributed by atoms with Crippen LogP contribution in [0.2, 0.25) is 0 Å². The molecule has 214 valence electrons. The Labute approximate surface area is 252 Å². The molecule has 44 heavy (non-hydrogen) atoms. The molecule has 0 saturated carbocycles. The number of aliphatic hydroxyl groups is 1. The van der Waals surface area contributed by atoms with E-state index in [9.17, 15) is 24.3 Å². The first-order valence-corrected chi connectivity index (χ1v) is 13.9. The van der Waals surface area contributed by atoms with Crippen LogP contribution in [0.15, 0.2) is 127 Å². The van der Waals surface area contributed by atoms with Gasteiger partial charge in [-0.25, -0.2) is 9.69 Å². The first-order chi connectivity index (χ1) is 21.4. The van der Waals surface area contributed by atoms with Gasteiger partial charge in [0.15, 0.2) is 0 Å². The molecular formula is C36H24N2O6. The molecule has 0 bridgehead atoms. The highest BCUT2D eigenvalue weighted by Crippen LogP contribution is 2.44. The van der Waals surface area contributed by atoms with E-state index in [2.05, 4.69) is 5.32 Å². The lowest BCUT2D eigenvalue weighted by Crippen LogP contribution is -2.48. The molecule has 0 saturated heterocycles. The average molecular weight is 581 g/mol. The summed E-state index contributed by atoms with van der Waals surface area (Å²) in [6.07, 6.45) is -1.05. The Morgan fingerprint density at radius 1 is 0.705 bits per heavy atom. The van der Waals surface area contributed by atoms with E-state index in [0.29, 0.717) is 11.1 Å². The van der Waals surface area contributed by atoms with Gasteiger partial charge < -0.3 is 15.2 Å². The quantitative estimate of drug-likeness (QED) is 0.211. The maximum Gasteiger partial charge on any atom is 0.340 e. The number of rotatable bonds is 5. The Kier molecular flexibility index (Phi) is 6.41. The molecule has 0 fully saturated rings. The van der Waals surface area contributed by atoms with Gasteiger partial charge in [-0.05, 0) is 53.6 Å². The van der Waals surface area contributed by atoms with Gasteiger partial charge in [0.2, 0.25) is 12.0 Å². The zero-order valence-electron chi connectivity index (χ0n) is 23.1. The smallest absolute Gasteiger partial charge is 0.340 e. The molecule has 8 heteroatoms. The topological polar surface area (TPSA) is 113 Å². The van der Waals surface area contributed by atoms with Crippen LogP contribution in [0.3, 0.4) is 0 Å². The number of fused-ring (bicyclic) bond motifs is 2. The first-order valence-electron chi connectivity index (χ1n) is 13.9. The number of benzene rings is 5. The predicted octanol–water partition coefficient (Wildman–Crippen LogP) is 5.44. The molecule has 2 aliphatic rings. The Hall–Kier alpha value is -5.86. The number of ether oxygens (including phenoxy) is 1. The van der Waals surface area contributed by atoms with Crippen molar-refractivity contribution in [3.63, 3.8) is 0 Å². The first kappa shape index (κ1) is 27.0. The van der Waals surface area contributed by atoms with Gasteiger partial charge in [0.25, 0.3) is 17.7 Å². The summed E-state index contributed by atoms with van der Waals surface area (Å²) in [5.74, 6) is -2.55. The van der Waals surface area contributed by atoms with E-state index < -0.39 is 29.7 Å². The molecule has 7 rings (SSSR count). The zero-order chi connectivity index (χ0) is 30.4. The number of carbonyl (C=O) groups excluding carboxylic acids is 4. The van der Waals surface area contributed by atoms with Crippen molar-refractivity contribution in [3.05, 3.63) is 166 Å². The van der Waals surface area contributed by atoms with E-state index in [0.717, 1.165) is 16.0 Å². The normalized spacial score (nSPS) is 18.4. The molecule has 8 nitrogen and oxygen atoms in total. The largest absolute Gasteiger partial charge is 0.434 e. The molecule has 2 aliphatic heterocycles. The van der Waals surface area contributed by atoms with Crippen molar-refractivity contribution in [2.24, 2.45) is 0 Å². The summed E-state index contributed by atoms with van der Waals surface area (Å²) in [5, 5.41) is 14.9. The Morgan fingerprint density at radius 2 is 1.34 bits per heavy atom. The van der Waals surface area contributed by atoms with Crippen molar-refractivity contribution < 1.29 is 29.0 Å². The van der Waals surface area contributed by atoms with Crippen LogP contribution in [0.5, 0.6) is 0 Å². The highest BCUT2D eigenvalue weighted by atomic mass is 16.6. The van der Waals surface area contributed by atoms with Crippen molar-refractivity contribution in [3.8, 4) is 11.1 Å². The molecule has 5 aromatic rings. The fraction of sp³-hybridized carbons (Fsp3) is 0.0556. The number of amides is 3. The lowest BCUT2D eigenvalue weighted by Gasteiger charge is -2.33. The van der Waals surface area contributed by atoms with Gasteiger partial charge in [0.05, 0.1) is 5.56 Å². The van der Waals surface area contributed by atoms with Gasteiger partial charge in [-0.2, -0.15) is 0 Å². The summed E-state index contributed by atoms with van der Waals surface area (Å²) in [4.78, 5) is 54.3. The molecule has 0 spiro atoms. The van der Waals surface area contributed by atoms with E-state index in [1.165, 1.54) is 18.2 Å². The molecule has 0 radical (unpaired) electrons. The molecule has 2 atom stereocenters. The molecule has 0 aromatic heterocycles. The van der Waals surface area contributed by atoms with Crippen LogP contribution in [0.4, 0.5) is 0 Å². The van der Waals surface area contributed by atoms with E-state index in [4.69, 9.17) is 4.74 Å². The lowest BCUT2D eigenvalue weighted by atomic mass is 9.92. The average Bonchev–Trinajstić information content (AvgIpc) is 3.50. The molecule has 3 amide bonds. The van der Waals surface area contributed by atoms with Crippen LogP contribution in [-0.2, 0) is 10.5 Å². The summed E-state index contributed by atoms with van der Waals surface area (Å²) < 4.78 is 5.77. The lowest BCUT2D eigenvalue weighted by molar-refractivity contribution is -0.0362. The fourth-order valence-corrected chi connectivity index (χ4v) is 5.78. The molecule has 2 N–H and O–H groups in total. The van der Waals surface area contributed by atoms with Gasteiger partial charge >= 0.3 is 5.97 Å². The third-order valence-electron chi connectivity index (χ3n) is 7.96. The van der Waals surface area contributed by atoms with E-state index >= 15 is 0 Å². The number of hydrogen-bond donors (Lipinski definition) is 2. The van der Waals surface area contributed by atoms with Crippen molar-refractivity contribution in [1.82, 2.24) is 10.2 Å². The van der Waals surface area contributed by atoms with Crippen molar-refractivity contribution in [2.45, 2.75) is 12.0 Å². The van der Waals surface area contributed by atoms with E-state index in [1.807, 2.05) is 42.5 Å². The third kappa shape index (κ3) is 4.28. The maximum absolute atomic E-state index is 13.7. The number of carbonyl (C=O) groups is 4. The maximum atomic E-state index is 13.7. The van der Waals surface area contributed by atoms with Crippen molar-refractivity contribution in [2.75, 3.05) is 0 Å². The van der Waals surface area contributed by atoms with Gasteiger partial charge in [0.1, 0.15) is 0 Å². The summed E-state index contributed by atoms with van der Waals surface area (Å²) in [7, 11) is 0. The summed E-state index contributed by atoms with van der Waals surface area (Å²) in [6, 6.07) is 35.6. The summed E-state index contributed by atoms with van der Waals surface area (Å²) in [5.41, 5.74) is 1.17. The van der Waals surface area contributed by atoms with Crippen LogP contribution < -0.4 is 5.32 Å². The molecule has 5 aromatic carbocycles. The van der Waals surface area contributed by atoms with Gasteiger partial charge in [0, 0.05) is 33.4 Å². The van der Waals surface area contributed by atoms with Crippen molar-refractivity contribution in [1.29, 1.82) is 0 Å². The summed E-state index contributed by atoms with van der Waals surface area (Å²) in [6.45, 7) is 0. The molecule has 2 heterocycles. The Morgan fingerprint density at radius 3 is 2.05 bits per heavy atom. The number of nitrogens with zero attached hydrogens (tertiary/aromatic N) is 1. The van der Waals surface area contributed by atoms with E-state index in [-0.39, 0.29) is 33.7 Å². The van der Waals surface area contributed by atoms with Crippen LogP contribution in [0.25, 0.3) is 11.1 Å². The summed E-state index contributed by atoms with van der Waals surface area (Å²) >= 11 is 0. The van der Waals surface area contributed by atoms with Crippen molar-refractivity contribution >= 4 is 23.7 Å². The van der Waals surface area contributed by atoms with Crippen LogP contribution in [-0.4, -0.2) is 33.7 Å². The van der Waals surface area contributed by atoms with Gasteiger partial charge in [-0.1, -0.05) is 84.9 Å². The van der Waals surface area contributed by atoms with Crippen LogP contribution >= 0.6 is 0 Å². The minimum absolute atomic E-state index is 0.0295. The molecular weight excluding hydrogens is 556 g/mol. The number of nitrogens with one attached hydrogen (secondary N) is 1. The Balaban J connectivity index is 1.25. The SMILES string of the molecule is O=C(OC1NC(=O)c2ccc(-c3ccccc3)cc21)c1ccc2c(c1)C(O)(c1ccccc1)N(C(=O)c1ccccc1)C2=O.